The molecule has 2 heteroatoms. The molecule has 0 radical (unpaired) electrons. The minimum absolute atomic E-state index is 0.181. The molecule has 0 unspecified atom stereocenters. The van der Waals surface area contributed by atoms with Crippen molar-refractivity contribution >= 4 is 27.6 Å². The summed E-state index contributed by atoms with van der Waals surface area (Å²) in [6.07, 6.45) is 4.92. The molecule has 3 aromatic carbocycles. The van der Waals surface area contributed by atoms with E-state index in [2.05, 4.69) is 42.5 Å². The summed E-state index contributed by atoms with van der Waals surface area (Å²) in [4.78, 5) is 13.4. The molecule has 5 rings (SSSR count). The smallest absolute Gasteiger partial charge is 0.235 e. The number of aryl methyl sites for hydroxylation is 1. The van der Waals surface area contributed by atoms with E-state index < -0.39 is 0 Å². The lowest BCUT2D eigenvalue weighted by Gasteiger charge is -2.15. The SMILES string of the molecule is O=C(Cc1cccc2ccccc12)n1c2c(c3ccccc31)CCCC2. The molecule has 2 nitrogen and oxygen atoms in total. The number of aromatic nitrogens is 1. The molecule has 0 atom stereocenters. The van der Waals surface area contributed by atoms with E-state index in [-0.39, 0.29) is 5.91 Å². The van der Waals surface area contributed by atoms with Crippen molar-refractivity contribution in [3.05, 3.63) is 83.6 Å². The Kier molecular flexibility index (Phi) is 3.63. The van der Waals surface area contributed by atoms with Crippen LogP contribution in [-0.4, -0.2) is 10.5 Å². The highest BCUT2D eigenvalue weighted by Crippen LogP contribution is 2.32. The summed E-state index contributed by atoms with van der Waals surface area (Å²) in [5.74, 6) is 0.181. The molecule has 128 valence electrons. The summed E-state index contributed by atoms with van der Waals surface area (Å²) in [6.45, 7) is 0. The van der Waals surface area contributed by atoms with Gasteiger partial charge in [-0.25, -0.2) is 0 Å². The van der Waals surface area contributed by atoms with Crippen LogP contribution in [0.4, 0.5) is 0 Å². The summed E-state index contributed by atoms with van der Waals surface area (Å²) < 4.78 is 2.01. The number of nitrogens with zero attached hydrogens (tertiary/aromatic N) is 1. The van der Waals surface area contributed by atoms with Crippen LogP contribution >= 0.6 is 0 Å². The average Bonchev–Trinajstić information content (AvgIpc) is 3.03. The number of carbonyl (C=O) groups excluding carboxylic acids is 1. The molecule has 0 aliphatic heterocycles. The summed E-state index contributed by atoms with van der Waals surface area (Å²) in [7, 11) is 0. The Morgan fingerprint density at radius 3 is 2.46 bits per heavy atom. The van der Waals surface area contributed by atoms with E-state index in [1.807, 2.05) is 28.8 Å². The van der Waals surface area contributed by atoms with Gasteiger partial charge in [0.15, 0.2) is 0 Å². The molecule has 0 fully saturated rings. The monoisotopic (exact) mass is 339 g/mol. The fourth-order valence-corrected chi connectivity index (χ4v) is 4.47. The minimum Gasteiger partial charge on any atom is -0.284 e. The number of carbonyl (C=O) groups is 1. The highest BCUT2D eigenvalue weighted by atomic mass is 16.2. The number of hydrogen-bond donors (Lipinski definition) is 0. The molecule has 1 aromatic heterocycles. The van der Waals surface area contributed by atoms with Gasteiger partial charge in [-0.2, -0.15) is 0 Å². The quantitative estimate of drug-likeness (QED) is 0.469. The Labute approximate surface area is 153 Å². The average molecular weight is 339 g/mol. The molecule has 4 aromatic rings. The van der Waals surface area contributed by atoms with Crippen molar-refractivity contribution in [3.8, 4) is 0 Å². The van der Waals surface area contributed by atoms with Crippen LogP contribution in [0.5, 0.6) is 0 Å². The van der Waals surface area contributed by atoms with Crippen molar-refractivity contribution in [1.29, 1.82) is 0 Å². The van der Waals surface area contributed by atoms with E-state index in [0.717, 1.165) is 23.9 Å². The molecule has 0 bridgehead atoms. The molecule has 0 amide bonds. The Hall–Kier alpha value is -2.87. The highest BCUT2D eigenvalue weighted by molar-refractivity contribution is 5.98. The Morgan fingerprint density at radius 1 is 0.808 bits per heavy atom. The predicted octanol–water partition coefficient (Wildman–Crippen LogP) is 5.56. The van der Waals surface area contributed by atoms with Crippen molar-refractivity contribution in [3.63, 3.8) is 0 Å². The van der Waals surface area contributed by atoms with Gasteiger partial charge in [-0.3, -0.25) is 9.36 Å². The molecule has 1 aliphatic rings. The van der Waals surface area contributed by atoms with Crippen LogP contribution < -0.4 is 0 Å². The molecular formula is C24H21NO. The third-order valence-electron chi connectivity index (χ3n) is 5.65. The molecule has 1 aliphatic carbocycles. The van der Waals surface area contributed by atoms with Gasteiger partial charge in [-0.15, -0.1) is 0 Å². The molecule has 26 heavy (non-hydrogen) atoms. The molecular weight excluding hydrogens is 318 g/mol. The van der Waals surface area contributed by atoms with Crippen LogP contribution in [0.25, 0.3) is 21.7 Å². The predicted molar refractivity (Wildman–Crippen MR) is 107 cm³/mol. The minimum atomic E-state index is 0.181. The summed E-state index contributed by atoms with van der Waals surface area (Å²) >= 11 is 0. The van der Waals surface area contributed by atoms with Crippen LogP contribution in [0, 0.1) is 0 Å². The highest BCUT2D eigenvalue weighted by Gasteiger charge is 2.23. The first-order valence-electron chi connectivity index (χ1n) is 9.44. The Balaban J connectivity index is 1.63. The number of fused-ring (bicyclic) bond motifs is 4. The Morgan fingerprint density at radius 2 is 1.54 bits per heavy atom. The lowest BCUT2D eigenvalue weighted by Crippen LogP contribution is -2.18. The first-order valence-corrected chi connectivity index (χ1v) is 9.44. The number of hydrogen-bond acceptors (Lipinski definition) is 1. The van der Waals surface area contributed by atoms with Crippen LogP contribution in [0.2, 0.25) is 0 Å². The van der Waals surface area contributed by atoms with Crippen LogP contribution in [0.1, 0.15) is 34.5 Å². The number of rotatable bonds is 2. The largest absolute Gasteiger partial charge is 0.284 e. The van der Waals surface area contributed by atoms with Gasteiger partial charge in [0.25, 0.3) is 0 Å². The second-order valence-corrected chi connectivity index (χ2v) is 7.19. The molecule has 1 heterocycles. The van der Waals surface area contributed by atoms with Gasteiger partial charge in [0, 0.05) is 11.1 Å². The fourth-order valence-electron chi connectivity index (χ4n) is 4.47. The van der Waals surface area contributed by atoms with Crippen LogP contribution in [0.15, 0.2) is 66.7 Å². The summed E-state index contributed by atoms with van der Waals surface area (Å²) in [5.41, 5.74) is 4.81. The second kappa shape index (κ2) is 6.14. The zero-order chi connectivity index (χ0) is 17.5. The van der Waals surface area contributed by atoms with Crippen molar-refractivity contribution in [2.24, 2.45) is 0 Å². The molecule has 0 N–H and O–H groups in total. The maximum atomic E-state index is 13.4. The van der Waals surface area contributed by atoms with Crippen LogP contribution in [0.3, 0.4) is 0 Å². The lowest BCUT2D eigenvalue weighted by molar-refractivity contribution is 0.0916. The fraction of sp³-hybridized carbons (Fsp3) is 0.208. The normalized spacial score (nSPS) is 13.8. The molecule has 0 saturated heterocycles. The van der Waals surface area contributed by atoms with E-state index in [1.54, 1.807) is 0 Å². The van der Waals surface area contributed by atoms with Gasteiger partial charge in [0.2, 0.25) is 5.91 Å². The van der Waals surface area contributed by atoms with E-state index in [1.165, 1.54) is 40.3 Å². The first kappa shape index (κ1) is 15.4. The Bertz CT molecular complexity index is 1130. The van der Waals surface area contributed by atoms with Gasteiger partial charge in [0.1, 0.15) is 0 Å². The third-order valence-corrected chi connectivity index (χ3v) is 5.65. The van der Waals surface area contributed by atoms with Gasteiger partial charge in [-0.05, 0) is 53.6 Å². The van der Waals surface area contributed by atoms with Gasteiger partial charge in [0.05, 0.1) is 11.9 Å². The lowest BCUT2D eigenvalue weighted by atomic mass is 9.95. The summed E-state index contributed by atoms with van der Waals surface area (Å²) in [6, 6.07) is 22.9. The van der Waals surface area contributed by atoms with E-state index in [4.69, 9.17) is 0 Å². The number of benzene rings is 3. The maximum Gasteiger partial charge on any atom is 0.235 e. The van der Waals surface area contributed by atoms with Gasteiger partial charge >= 0.3 is 0 Å². The van der Waals surface area contributed by atoms with Crippen molar-refractivity contribution < 1.29 is 4.79 Å². The first-order chi connectivity index (χ1) is 12.8. The summed E-state index contributed by atoms with van der Waals surface area (Å²) in [5, 5.41) is 3.62. The molecule has 0 saturated carbocycles. The van der Waals surface area contributed by atoms with E-state index in [0.29, 0.717) is 6.42 Å². The van der Waals surface area contributed by atoms with Crippen molar-refractivity contribution in [2.45, 2.75) is 32.1 Å². The number of para-hydroxylation sites is 1. The van der Waals surface area contributed by atoms with Gasteiger partial charge < -0.3 is 0 Å². The van der Waals surface area contributed by atoms with Gasteiger partial charge in [-0.1, -0.05) is 60.7 Å². The van der Waals surface area contributed by atoms with Crippen LogP contribution in [-0.2, 0) is 19.3 Å². The van der Waals surface area contributed by atoms with Crippen molar-refractivity contribution in [1.82, 2.24) is 4.57 Å². The van der Waals surface area contributed by atoms with Crippen molar-refractivity contribution in [2.75, 3.05) is 0 Å². The zero-order valence-electron chi connectivity index (χ0n) is 14.7. The zero-order valence-corrected chi connectivity index (χ0v) is 14.7. The van der Waals surface area contributed by atoms with E-state index in [9.17, 15) is 4.79 Å². The molecule has 0 spiro atoms. The standard InChI is InChI=1S/C24H21NO/c26-24(16-18-10-7-9-17-8-1-2-11-19(17)18)25-22-14-5-3-12-20(22)21-13-4-6-15-23(21)25/h1-3,5,7-12,14H,4,6,13,15-16H2. The van der Waals surface area contributed by atoms with E-state index >= 15 is 0 Å². The maximum absolute atomic E-state index is 13.4. The third kappa shape index (κ3) is 2.37. The topological polar surface area (TPSA) is 22.0 Å². The second-order valence-electron chi connectivity index (χ2n) is 7.19.